The van der Waals surface area contributed by atoms with E-state index in [0.717, 1.165) is 17.0 Å². The zero-order chi connectivity index (χ0) is 19.1. The highest BCUT2D eigenvalue weighted by Crippen LogP contribution is 2.36. The average molecular weight is 365 g/mol. The van der Waals surface area contributed by atoms with Gasteiger partial charge in [-0.25, -0.2) is 4.79 Å². The standard InChI is InChI=1S/C25H32O2/c1-2-3-4-6-19-7-5-8-20(10-9-19)21-11-13-22(14-12-21)23-15-17-24(18-16-23)25(26)27/h11-20H,2-10H2,1H3,(H,26,27)/t19-,20+/m0/s1. The van der Waals surface area contributed by atoms with Crippen molar-refractivity contribution in [2.75, 3.05) is 0 Å². The number of hydrogen-bond donors (Lipinski definition) is 1. The zero-order valence-corrected chi connectivity index (χ0v) is 16.5. The van der Waals surface area contributed by atoms with Crippen LogP contribution in [-0.4, -0.2) is 11.1 Å². The summed E-state index contributed by atoms with van der Waals surface area (Å²) < 4.78 is 0. The molecular weight excluding hydrogens is 332 g/mol. The Kier molecular flexibility index (Phi) is 7.09. The molecule has 1 saturated carbocycles. The lowest BCUT2D eigenvalue weighted by Crippen LogP contribution is -2.00. The summed E-state index contributed by atoms with van der Waals surface area (Å²) in [5.41, 5.74) is 4.03. The van der Waals surface area contributed by atoms with Crippen LogP contribution in [-0.2, 0) is 0 Å². The van der Waals surface area contributed by atoms with Crippen LogP contribution in [0.25, 0.3) is 11.1 Å². The molecule has 3 rings (SSSR count). The Labute approximate surface area is 163 Å². The SMILES string of the molecule is CCCCC[C@H]1CCC[C@@H](c2ccc(-c3ccc(C(=O)O)cc3)cc2)CC1. The van der Waals surface area contributed by atoms with Crippen molar-refractivity contribution >= 4 is 5.97 Å². The van der Waals surface area contributed by atoms with Crippen molar-refractivity contribution < 1.29 is 9.90 Å². The Hall–Kier alpha value is -2.09. The summed E-state index contributed by atoms with van der Waals surface area (Å²) in [6, 6.07) is 16.1. The van der Waals surface area contributed by atoms with Gasteiger partial charge in [-0.2, -0.15) is 0 Å². The number of hydrogen-bond acceptors (Lipinski definition) is 1. The van der Waals surface area contributed by atoms with E-state index >= 15 is 0 Å². The first-order valence-corrected chi connectivity index (χ1v) is 10.6. The molecule has 1 N–H and O–H groups in total. The van der Waals surface area contributed by atoms with Gasteiger partial charge in [0.05, 0.1) is 5.56 Å². The molecular formula is C25H32O2. The van der Waals surface area contributed by atoms with Gasteiger partial charge in [0.15, 0.2) is 0 Å². The lowest BCUT2D eigenvalue weighted by atomic mass is 9.89. The molecule has 0 unspecified atom stereocenters. The van der Waals surface area contributed by atoms with Gasteiger partial charge in [0.1, 0.15) is 0 Å². The van der Waals surface area contributed by atoms with E-state index in [2.05, 4.69) is 31.2 Å². The second-order valence-electron chi connectivity index (χ2n) is 8.07. The maximum absolute atomic E-state index is 11.0. The zero-order valence-electron chi connectivity index (χ0n) is 16.5. The number of carbonyl (C=O) groups is 1. The highest BCUT2D eigenvalue weighted by atomic mass is 16.4. The van der Waals surface area contributed by atoms with Crippen LogP contribution in [0.3, 0.4) is 0 Å². The lowest BCUT2D eigenvalue weighted by Gasteiger charge is -2.16. The molecule has 1 fully saturated rings. The normalized spacial score (nSPS) is 20.2. The maximum atomic E-state index is 11.0. The van der Waals surface area contributed by atoms with E-state index in [1.54, 1.807) is 12.1 Å². The quantitative estimate of drug-likeness (QED) is 0.413. The van der Waals surface area contributed by atoms with Gasteiger partial charge in [-0.05, 0) is 59.9 Å². The topological polar surface area (TPSA) is 37.3 Å². The van der Waals surface area contributed by atoms with Gasteiger partial charge < -0.3 is 5.11 Å². The van der Waals surface area contributed by atoms with Gasteiger partial charge in [0.2, 0.25) is 0 Å². The maximum Gasteiger partial charge on any atom is 0.335 e. The molecule has 0 spiro atoms. The van der Waals surface area contributed by atoms with Crippen LogP contribution in [0.2, 0.25) is 0 Å². The molecule has 2 aromatic rings. The van der Waals surface area contributed by atoms with Crippen molar-refractivity contribution in [2.24, 2.45) is 5.92 Å². The fourth-order valence-corrected chi connectivity index (χ4v) is 4.44. The van der Waals surface area contributed by atoms with Gasteiger partial charge in [-0.1, -0.05) is 81.8 Å². The van der Waals surface area contributed by atoms with E-state index in [1.165, 1.54) is 63.4 Å². The average Bonchev–Trinajstić information content (AvgIpc) is 2.94. The third-order valence-electron chi connectivity index (χ3n) is 6.15. The van der Waals surface area contributed by atoms with E-state index in [-0.39, 0.29) is 0 Å². The highest BCUT2D eigenvalue weighted by Gasteiger charge is 2.20. The van der Waals surface area contributed by atoms with E-state index in [4.69, 9.17) is 5.11 Å². The van der Waals surface area contributed by atoms with E-state index in [0.29, 0.717) is 11.5 Å². The molecule has 2 aromatic carbocycles. The number of benzene rings is 2. The fourth-order valence-electron chi connectivity index (χ4n) is 4.44. The van der Waals surface area contributed by atoms with Crippen molar-refractivity contribution in [3.8, 4) is 11.1 Å². The summed E-state index contributed by atoms with van der Waals surface area (Å²) in [5.74, 6) is 0.761. The van der Waals surface area contributed by atoms with E-state index in [9.17, 15) is 4.79 Å². The molecule has 2 nitrogen and oxygen atoms in total. The van der Waals surface area contributed by atoms with Gasteiger partial charge in [0, 0.05) is 0 Å². The molecule has 2 atom stereocenters. The van der Waals surface area contributed by atoms with Crippen LogP contribution in [0.4, 0.5) is 0 Å². The number of rotatable bonds is 7. The van der Waals surface area contributed by atoms with Gasteiger partial charge in [0.25, 0.3) is 0 Å². The molecule has 1 aliphatic carbocycles. The van der Waals surface area contributed by atoms with Crippen molar-refractivity contribution in [3.63, 3.8) is 0 Å². The molecule has 0 amide bonds. The molecule has 0 radical (unpaired) electrons. The number of carboxylic acid groups (broad SMARTS) is 1. The molecule has 0 aromatic heterocycles. The minimum absolute atomic E-state index is 0.335. The van der Waals surface area contributed by atoms with E-state index < -0.39 is 5.97 Å². The van der Waals surface area contributed by atoms with Crippen LogP contribution in [0, 0.1) is 5.92 Å². The minimum atomic E-state index is -0.877. The first-order valence-electron chi connectivity index (χ1n) is 10.6. The van der Waals surface area contributed by atoms with Gasteiger partial charge >= 0.3 is 5.97 Å². The van der Waals surface area contributed by atoms with Crippen molar-refractivity contribution in [2.45, 2.75) is 70.6 Å². The monoisotopic (exact) mass is 364 g/mol. The Morgan fingerprint density at radius 1 is 0.889 bits per heavy atom. The number of aromatic carboxylic acids is 1. The van der Waals surface area contributed by atoms with Crippen LogP contribution < -0.4 is 0 Å². The Morgan fingerprint density at radius 2 is 1.56 bits per heavy atom. The molecule has 27 heavy (non-hydrogen) atoms. The molecule has 144 valence electrons. The Balaban J connectivity index is 1.60. The molecule has 0 bridgehead atoms. The lowest BCUT2D eigenvalue weighted by molar-refractivity contribution is 0.0697. The molecule has 0 aliphatic heterocycles. The van der Waals surface area contributed by atoms with Gasteiger partial charge in [-0.15, -0.1) is 0 Å². The second-order valence-corrected chi connectivity index (χ2v) is 8.07. The summed E-state index contributed by atoms with van der Waals surface area (Å²) in [6.07, 6.45) is 12.3. The molecule has 0 saturated heterocycles. The molecule has 1 aliphatic rings. The van der Waals surface area contributed by atoms with Crippen LogP contribution in [0.15, 0.2) is 48.5 Å². The largest absolute Gasteiger partial charge is 0.478 e. The van der Waals surface area contributed by atoms with Crippen LogP contribution in [0.1, 0.15) is 86.6 Å². The summed E-state index contributed by atoms with van der Waals surface area (Å²) >= 11 is 0. The number of carboxylic acids is 1. The van der Waals surface area contributed by atoms with Crippen molar-refractivity contribution in [3.05, 3.63) is 59.7 Å². The predicted molar refractivity (Wildman–Crippen MR) is 112 cm³/mol. The fraction of sp³-hybridized carbons (Fsp3) is 0.480. The smallest absolute Gasteiger partial charge is 0.335 e. The first-order chi connectivity index (χ1) is 13.2. The number of unbranched alkanes of at least 4 members (excludes halogenated alkanes) is 2. The minimum Gasteiger partial charge on any atom is -0.478 e. The highest BCUT2D eigenvalue weighted by molar-refractivity contribution is 5.88. The molecule has 0 heterocycles. The molecule has 2 heteroatoms. The summed E-state index contributed by atoms with van der Waals surface area (Å²) in [7, 11) is 0. The van der Waals surface area contributed by atoms with Crippen LogP contribution in [0.5, 0.6) is 0 Å². The van der Waals surface area contributed by atoms with Crippen molar-refractivity contribution in [1.82, 2.24) is 0 Å². The van der Waals surface area contributed by atoms with Crippen molar-refractivity contribution in [1.29, 1.82) is 0 Å². The third-order valence-corrected chi connectivity index (χ3v) is 6.15. The van der Waals surface area contributed by atoms with Crippen LogP contribution >= 0.6 is 0 Å². The third kappa shape index (κ3) is 5.45. The second kappa shape index (κ2) is 9.73. The first kappa shape index (κ1) is 19.7. The Bertz CT molecular complexity index is 715. The summed E-state index contributed by atoms with van der Waals surface area (Å²) in [6.45, 7) is 2.29. The Morgan fingerprint density at radius 3 is 2.19 bits per heavy atom. The summed E-state index contributed by atoms with van der Waals surface area (Å²) in [4.78, 5) is 11.0. The van der Waals surface area contributed by atoms with Gasteiger partial charge in [-0.3, -0.25) is 0 Å². The summed E-state index contributed by atoms with van der Waals surface area (Å²) in [5, 5.41) is 9.03. The predicted octanol–water partition coefficient (Wildman–Crippen LogP) is 7.30. The van der Waals surface area contributed by atoms with E-state index in [1.807, 2.05) is 12.1 Å².